The predicted molar refractivity (Wildman–Crippen MR) is 103 cm³/mol. The van der Waals surface area contributed by atoms with E-state index in [1.807, 2.05) is 0 Å². The first kappa shape index (κ1) is 18.5. The highest BCUT2D eigenvalue weighted by Gasteiger charge is 2.22. The molecule has 2 aliphatic rings. The fourth-order valence-corrected chi connectivity index (χ4v) is 5.47. The summed E-state index contributed by atoms with van der Waals surface area (Å²) in [6.45, 7) is 0.908. The molecular weight excluding hydrogens is 386 g/mol. The first-order valence-electron chi connectivity index (χ1n) is 9.02. The Kier molecular flexibility index (Phi) is 5.27. The molecule has 27 heavy (non-hydrogen) atoms. The quantitative estimate of drug-likeness (QED) is 0.766. The van der Waals surface area contributed by atoms with Gasteiger partial charge in [-0.25, -0.2) is 18.1 Å². The summed E-state index contributed by atoms with van der Waals surface area (Å²) in [6.07, 6.45) is 4.78. The van der Waals surface area contributed by atoms with Gasteiger partial charge < -0.3 is 4.74 Å². The Balaban J connectivity index is 1.44. The molecule has 0 saturated carbocycles. The third-order valence-electron chi connectivity index (χ3n) is 4.75. The highest BCUT2D eigenvalue weighted by Crippen LogP contribution is 2.30. The number of anilines is 1. The van der Waals surface area contributed by atoms with E-state index < -0.39 is 10.0 Å². The number of amides is 1. The predicted octanol–water partition coefficient (Wildman–Crippen LogP) is 2.34. The fraction of sp³-hybridized carbons (Fsp3) is 0.444. The van der Waals surface area contributed by atoms with Crippen molar-refractivity contribution < 1.29 is 17.9 Å². The maximum absolute atomic E-state index is 12.5. The van der Waals surface area contributed by atoms with E-state index in [1.54, 1.807) is 12.1 Å². The Bertz CT molecular complexity index is 928. The van der Waals surface area contributed by atoms with Crippen molar-refractivity contribution in [3.8, 4) is 0 Å². The number of rotatable bonds is 6. The van der Waals surface area contributed by atoms with Crippen molar-refractivity contribution in [3.63, 3.8) is 0 Å². The molecule has 2 aromatic rings. The zero-order valence-electron chi connectivity index (χ0n) is 14.7. The average molecular weight is 408 g/mol. The van der Waals surface area contributed by atoms with Crippen LogP contribution in [0.25, 0.3) is 0 Å². The Morgan fingerprint density at radius 2 is 2.19 bits per heavy atom. The van der Waals surface area contributed by atoms with Gasteiger partial charge in [0.05, 0.1) is 16.7 Å². The highest BCUT2D eigenvalue weighted by atomic mass is 32.2. The van der Waals surface area contributed by atoms with E-state index in [-0.39, 0.29) is 29.0 Å². The van der Waals surface area contributed by atoms with Gasteiger partial charge in [-0.15, -0.1) is 11.3 Å². The van der Waals surface area contributed by atoms with E-state index in [2.05, 4.69) is 15.0 Å². The van der Waals surface area contributed by atoms with Gasteiger partial charge >= 0.3 is 0 Å². The molecule has 2 heterocycles. The van der Waals surface area contributed by atoms with E-state index in [0.717, 1.165) is 37.8 Å². The summed E-state index contributed by atoms with van der Waals surface area (Å²) in [6, 6.07) is 6.02. The monoisotopic (exact) mass is 407 g/mol. The van der Waals surface area contributed by atoms with Gasteiger partial charge in [0, 0.05) is 23.6 Å². The second-order valence-electron chi connectivity index (χ2n) is 6.71. The number of nitrogens with zero attached hydrogens (tertiary/aromatic N) is 1. The summed E-state index contributed by atoms with van der Waals surface area (Å²) in [5.41, 5.74) is 1.34. The molecule has 1 aromatic heterocycles. The van der Waals surface area contributed by atoms with Crippen LogP contribution in [-0.4, -0.2) is 38.6 Å². The minimum Gasteiger partial charge on any atom is -0.377 e. The van der Waals surface area contributed by atoms with E-state index in [9.17, 15) is 13.2 Å². The lowest BCUT2D eigenvalue weighted by Crippen LogP contribution is -2.32. The summed E-state index contributed by atoms with van der Waals surface area (Å²) in [7, 11) is -3.70. The number of carbonyl (C=O) groups is 1. The van der Waals surface area contributed by atoms with Crippen molar-refractivity contribution >= 4 is 32.4 Å². The molecule has 1 unspecified atom stereocenters. The minimum atomic E-state index is -3.70. The summed E-state index contributed by atoms with van der Waals surface area (Å²) in [4.78, 5) is 18.2. The standard InChI is InChI=1S/C18H21N3O4S2/c22-17(21-18-20-15-7-2-8-16(15)26-18)12-4-1-6-14(10-12)27(23,24)19-11-13-5-3-9-25-13/h1,4,6,10,13,19H,2-3,5,7-9,11H2,(H,20,21,22). The number of nitrogens with one attached hydrogen (secondary N) is 2. The number of aromatic nitrogens is 1. The van der Waals surface area contributed by atoms with Crippen LogP contribution in [0.2, 0.25) is 0 Å². The largest absolute Gasteiger partial charge is 0.377 e. The van der Waals surface area contributed by atoms with Crippen LogP contribution in [-0.2, 0) is 27.6 Å². The topological polar surface area (TPSA) is 97.4 Å². The van der Waals surface area contributed by atoms with Crippen LogP contribution in [0.1, 0.15) is 40.2 Å². The summed E-state index contributed by atoms with van der Waals surface area (Å²) >= 11 is 1.49. The van der Waals surface area contributed by atoms with Crippen LogP contribution in [0.3, 0.4) is 0 Å². The van der Waals surface area contributed by atoms with Crippen molar-refractivity contribution in [3.05, 3.63) is 40.4 Å². The first-order valence-corrected chi connectivity index (χ1v) is 11.3. The molecule has 4 rings (SSSR count). The second-order valence-corrected chi connectivity index (χ2v) is 9.56. The van der Waals surface area contributed by atoms with Crippen molar-refractivity contribution in [1.29, 1.82) is 0 Å². The number of aryl methyl sites for hydroxylation is 2. The van der Waals surface area contributed by atoms with Gasteiger partial charge in [-0.2, -0.15) is 0 Å². The van der Waals surface area contributed by atoms with Crippen LogP contribution in [0.5, 0.6) is 0 Å². The van der Waals surface area contributed by atoms with Crippen LogP contribution >= 0.6 is 11.3 Å². The molecule has 0 spiro atoms. The second kappa shape index (κ2) is 7.67. The van der Waals surface area contributed by atoms with Gasteiger partial charge in [0.15, 0.2) is 5.13 Å². The van der Waals surface area contributed by atoms with Crippen LogP contribution in [0.15, 0.2) is 29.2 Å². The third-order valence-corrected chi connectivity index (χ3v) is 7.24. The number of hydrogen-bond acceptors (Lipinski definition) is 6. The van der Waals surface area contributed by atoms with Crippen LogP contribution < -0.4 is 10.0 Å². The molecule has 144 valence electrons. The van der Waals surface area contributed by atoms with Gasteiger partial charge in [0.2, 0.25) is 10.0 Å². The van der Waals surface area contributed by atoms with Crippen molar-refractivity contribution in [2.45, 2.75) is 43.1 Å². The third kappa shape index (κ3) is 4.21. The lowest BCUT2D eigenvalue weighted by Gasteiger charge is -2.12. The molecule has 7 nitrogen and oxygen atoms in total. The lowest BCUT2D eigenvalue weighted by molar-refractivity contribution is 0.102. The number of sulfonamides is 1. The fourth-order valence-electron chi connectivity index (χ4n) is 3.31. The number of benzene rings is 1. The van der Waals surface area contributed by atoms with Gasteiger partial charge in [-0.3, -0.25) is 10.1 Å². The van der Waals surface area contributed by atoms with Crippen LogP contribution in [0.4, 0.5) is 5.13 Å². The van der Waals surface area contributed by atoms with Gasteiger partial charge in [-0.05, 0) is 50.3 Å². The molecule has 1 atom stereocenters. The Morgan fingerprint density at radius 1 is 1.30 bits per heavy atom. The van der Waals surface area contributed by atoms with Crippen molar-refractivity contribution in [2.24, 2.45) is 0 Å². The molecule has 1 aliphatic heterocycles. The first-order chi connectivity index (χ1) is 13.0. The van der Waals surface area contributed by atoms with E-state index in [1.165, 1.54) is 28.3 Å². The van der Waals surface area contributed by atoms with E-state index >= 15 is 0 Å². The minimum absolute atomic E-state index is 0.0646. The normalized spacial score (nSPS) is 19.2. The molecule has 0 bridgehead atoms. The molecule has 1 amide bonds. The number of ether oxygens (including phenoxy) is 1. The van der Waals surface area contributed by atoms with Crippen molar-refractivity contribution in [1.82, 2.24) is 9.71 Å². The Hall–Kier alpha value is -1.81. The van der Waals surface area contributed by atoms with Gasteiger partial charge in [0.1, 0.15) is 0 Å². The molecule has 2 N–H and O–H groups in total. The summed E-state index contributed by atoms with van der Waals surface area (Å²) < 4.78 is 33.0. The summed E-state index contributed by atoms with van der Waals surface area (Å²) in [5.74, 6) is -0.362. The SMILES string of the molecule is O=C(Nc1nc2c(s1)CCC2)c1cccc(S(=O)(=O)NCC2CCCO2)c1. The van der Waals surface area contributed by atoms with Crippen molar-refractivity contribution in [2.75, 3.05) is 18.5 Å². The molecular formula is C18H21N3O4S2. The number of carbonyl (C=O) groups excluding carboxylic acids is 1. The number of fused-ring (bicyclic) bond motifs is 1. The van der Waals surface area contributed by atoms with Crippen LogP contribution in [0, 0.1) is 0 Å². The zero-order valence-corrected chi connectivity index (χ0v) is 16.4. The molecule has 9 heteroatoms. The maximum Gasteiger partial charge on any atom is 0.257 e. The molecule has 0 radical (unpaired) electrons. The molecule has 1 aromatic carbocycles. The highest BCUT2D eigenvalue weighted by molar-refractivity contribution is 7.89. The summed E-state index contributed by atoms with van der Waals surface area (Å²) in [5, 5.41) is 3.34. The van der Waals surface area contributed by atoms with E-state index in [0.29, 0.717) is 11.7 Å². The average Bonchev–Trinajstić information content (AvgIpc) is 3.38. The van der Waals surface area contributed by atoms with E-state index in [4.69, 9.17) is 4.74 Å². The zero-order chi connectivity index (χ0) is 18.9. The number of thiazole rings is 1. The van der Waals surface area contributed by atoms with Gasteiger partial charge in [0.25, 0.3) is 5.91 Å². The molecule has 1 fully saturated rings. The van der Waals surface area contributed by atoms with Gasteiger partial charge in [-0.1, -0.05) is 6.07 Å². The number of hydrogen-bond donors (Lipinski definition) is 2. The molecule has 1 saturated heterocycles. The smallest absolute Gasteiger partial charge is 0.257 e. The Labute approximate surface area is 162 Å². The maximum atomic E-state index is 12.5. The molecule has 1 aliphatic carbocycles. The Morgan fingerprint density at radius 3 is 2.96 bits per heavy atom. The lowest BCUT2D eigenvalue weighted by atomic mass is 10.2.